The molecule has 1 heterocycles. The first-order chi connectivity index (χ1) is 9.47. The molecule has 1 aromatic carbocycles. The zero-order valence-corrected chi connectivity index (χ0v) is 10.9. The Bertz CT molecular complexity index is 535. The summed E-state index contributed by atoms with van der Waals surface area (Å²) < 4.78 is 18.1. The van der Waals surface area contributed by atoms with Crippen LogP contribution in [0.1, 0.15) is 5.56 Å². The molecule has 108 valence electrons. The van der Waals surface area contributed by atoms with Gasteiger partial charge in [0.2, 0.25) is 0 Å². The van der Waals surface area contributed by atoms with Gasteiger partial charge < -0.3 is 20.5 Å². The number of amides is 2. The number of aryl methyl sites for hydroxylation is 1. The zero-order valence-electron chi connectivity index (χ0n) is 10.9. The zero-order chi connectivity index (χ0) is 14.7. The van der Waals surface area contributed by atoms with Crippen LogP contribution in [-0.2, 0) is 9.53 Å². The second-order valence-corrected chi connectivity index (χ2v) is 4.65. The fraction of sp³-hybridized carbons (Fsp3) is 0.385. The van der Waals surface area contributed by atoms with E-state index in [2.05, 4.69) is 10.6 Å². The summed E-state index contributed by atoms with van der Waals surface area (Å²) in [5.74, 6) is -2.12. The average molecular weight is 282 g/mol. The molecule has 7 heteroatoms. The quantitative estimate of drug-likeness (QED) is 0.781. The molecule has 1 aliphatic heterocycles. The monoisotopic (exact) mass is 282 g/mol. The minimum atomic E-state index is -1.01. The fourth-order valence-corrected chi connectivity index (χ4v) is 2.00. The number of hydrogen-bond acceptors (Lipinski definition) is 3. The minimum Gasteiger partial charge on any atom is -0.481 e. The van der Waals surface area contributed by atoms with Gasteiger partial charge in [-0.3, -0.25) is 4.79 Å². The molecule has 1 aliphatic rings. The maximum Gasteiger partial charge on any atom is 0.319 e. The number of halogens is 1. The molecule has 0 saturated carbocycles. The highest BCUT2D eigenvalue weighted by atomic mass is 19.1. The molecule has 1 aromatic rings. The Balaban J connectivity index is 1.95. The molecule has 2 amide bonds. The van der Waals surface area contributed by atoms with E-state index in [1.165, 1.54) is 18.2 Å². The third-order valence-electron chi connectivity index (χ3n) is 3.13. The Morgan fingerprint density at radius 3 is 2.80 bits per heavy atom. The molecule has 0 aromatic heterocycles. The van der Waals surface area contributed by atoms with Crippen LogP contribution in [0, 0.1) is 18.7 Å². The number of nitrogens with one attached hydrogen (secondary N) is 2. The van der Waals surface area contributed by atoms with Gasteiger partial charge in [-0.2, -0.15) is 0 Å². The molecular weight excluding hydrogens is 267 g/mol. The minimum absolute atomic E-state index is 0.0793. The van der Waals surface area contributed by atoms with Crippen molar-refractivity contribution in [2.75, 3.05) is 18.5 Å². The van der Waals surface area contributed by atoms with E-state index < -0.39 is 24.0 Å². The molecule has 0 aliphatic carbocycles. The molecule has 1 fully saturated rings. The van der Waals surface area contributed by atoms with Crippen LogP contribution in [0.4, 0.5) is 14.9 Å². The number of carbonyl (C=O) groups excluding carboxylic acids is 1. The molecule has 6 nitrogen and oxygen atoms in total. The van der Waals surface area contributed by atoms with Crippen molar-refractivity contribution in [3.8, 4) is 0 Å². The largest absolute Gasteiger partial charge is 0.481 e. The summed E-state index contributed by atoms with van der Waals surface area (Å²) in [6.45, 7) is 1.83. The van der Waals surface area contributed by atoms with Gasteiger partial charge >= 0.3 is 12.0 Å². The van der Waals surface area contributed by atoms with Gasteiger partial charge in [-0.05, 0) is 30.7 Å². The number of carboxylic acids is 1. The summed E-state index contributed by atoms with van der Waals surface area (Å²) in [5, 5.41) is 14.0. The predicted molar refractivity (Wildman–Crippen MR) is 69.0 cm³/mol. The summed E-state index contributed by atoms with van der Waals surface area (Å²) >= 11 is 0. The maximum atomic E-state index is 13.1. The van der Waals surface area contributed by atoms with E-state index in [9.17, 15) is 14.0 Å². The van der Waals surface area contributed by atoms with Crippen molar-refractivity contribution in [2.24, 2.45) is 5.92 Å². The molecule has 0 spiro atoms. The van der Waals surface area contributed by atoms with Gasteiger partial charge in [0.25, 0.3) is 0 Å². The van der Waals surface area contributed by atoms with Gasteiger partial charge in [0.15, 0.2) is 0 Å². The van der Waals surface area contributed by atoms with E-state index >= 15 is 0 Å². The molecular formula is C13H15FN2O4. The van der Waals surface area contributed by atoms with Crippen molar-refractivity contribution in [1.82, 2.24) is 5.32 Å². The first-order valence-corrected chi connectivity index (χ1v) is 6.11. The standard InChI is InChI=1S/C13H15FN2O4/c1-7-4-8(2-3-10(7)14)15-13(19)16-11-6-20-5-9(11)12(17)18/h2-4,9,11H,5-6H2,1H3,(H,17,18)(H2,15,16,19). The van der Waals surface area contributed by atoms with E-state index in [1.807, 2.05) is 0 Å². The highest BCUT2D eigenvalue weighted by Gasteiger charge is 2.35. The van der Waals surface area contributed by atoms with Crippen molar-refractivity contribution in [1.29, 1.82) is 0 Å². The second kappa shape index (κ2) is 5.87. The number of ether oxygens (including phenoxy) is 1. The van der Waals surface area contributed by atoms with Gasteiger partial charge in [-0.15, -0.1) is 0 Å². The molecule has 0 bridgehead atoms. The maximum absolute atomic E-state index is 13.1. The summed E-state index contributed by atoms with van der Waals surface area (Å²) in [5.41, 5.74) is 0.850. The molecule has 20 heavy (non-hydrogen) atoms. The third kappa shape index (κ3) is 3.24. The van der Waals surface area contributed by atoms with Gasteiger partial charge in [0.05, 0.1) is 19.3 Å². The predicted octanol–water partition coefficient (Wildman–Crippen LogP) is 1.36. The Labute approximate surface area is 114 Å². The lowest BCUT2D eigenvalue weighted by Gasteiger charge is -2.16. The number of rotatable bonds is 3. The Hall–Kier alpha value is -2.15. The van der Waals surface area contributed by atoms with Crippen LogP contribution in [0.3, 0.4) is 0 Å². The molecule has 2 rings (SSSR count). The summed E-state index contributed by atoms with van der Waals surface area (Å²) in [6, 6.07) is 3.06. The van der Waals surface area contributed by atoms with Crippen molar-refractivity contribution in [3.05, 3.63) is 29.6 Å². The topological polar surface area (TPSA) is 87.7 Å². The lowest BCUT2D eigenvalue weighted by Crippen LogP contribution is -2.44. The van der Waals surface area contributed by atoms with E-state index in [4.69, 9.17) is 9.84 Å². The van der Waals surface area contributed by atoms with Crippen molar-refractivity contribution in [3.63, 3.8) is 0 Å². The summed E-state index contributed by atoms with van der Waals surface area (Å²) in [7, 11) is 0. The van der Waals surface area contributed by atoms with Crippen LogP contribution in [0.5, 0.6) is 0 Å². The molecule has 3 N–H and O–H groups in total. The van der Waals surface area contributed by atoms with Crippen LogP contribution >= 0.6 is 0 Å². The first-order valence-electron chi connectivity index (χ1n) is 6.11. The lowest BCUT2D eigenvalue weighted by atomic mass is 10.0. The summed E-state index contributed by atoms with van der Waals surface area (Å²) in [4.78, 5) is 22.7. The Morgan fingerprint density at radius 2 is 2.15 bits per heavy atom. The second-order valence-electron chi connectivity index (χ2n) is 4.65. The number of urea groups is 1. The number of carbonyl (C=O) groups is 2. The lowest BCUT2D eigenvalue weighted by molar-refractivity contribution is -0.142. The highest BCUT2D eigenvalue weighted by molar-refractivity contribution is 5.90. The number of anilines is 1. The van der Waals surface area contributed by atoms with E-state index in [0.717, 1.165) is 0 Å². The molecule has 2 unspecified atom stereocenters. The summed E-state index contributed by atoms with van der Waals surface area (Å²) in [6.07, 6.45) is 0. The number of carboxylic acid groups (broad SMARTS) is 1. The number of hydrogen-bond donors (Lipinski definition) is 3. The van der Waals surface area contributed by atoms with Crippen LogP contribution < -0.4 is 10.6 Å². The van der Waals surface area contributed by atoms with Crippen molar-refractivity contribution >= 4 is 17.7 Å². The van der Waals surface area contributed by atoms with E-state index in [-0.39, 0.29) is 19.0 Å². The normalized spacial score (nSPS) is 21.5. The molecule has 1 saturated heterocycles. The number of benzene rings is 1. The average Bonchev–Trinajstić information content (AvgIpc) is 2.82. The van der Waals surface area contributed by atoms with E-state index in [1.54, 1.807) is 6.92 Å². The highest BCUT2D eigenvalue weighted by Crippen LogP contribution is 2.16. The SMILES string of the molecule is Cc1cc(NC(=O)NC2COCC2C(=O)O)ccc1F. The van der Waals surface area contributed by atoms with Crippen LogP contribution in [0.15, 0.2) is 18.2 Å². The van der Waals surface area contributed by atoms with E-state index in [0.29, 0.717) is 11.3 Å². The fourth-order valence-electron chi connectivity index (χ4n) is 2.00. The Morgan fingerprint density at radius 1 is 1.40 bits per heavy atom. The molecule has 2 atom stereocenters. The van der Waals surface area contributed by atoms with Gasteiger partial charge in [-0.1, -0.05) is 0 Å². The number of aliphatic carboxylic acids is 1. The van der Waals surface area contributed by atoms with Crippen LogP contribution in [0.25, 0.3) is 0 Å². The molecule has 0 radical (unpaired) electrons. The van der Waals surface area contributed by atoms with Gasteiger partial charge in [0, 0.05) is 5.69 Å². The third-order valence-corrected chi connectivity index (χ3v) is 3.13. The van der Waals surface area contributed by atoms with Crippen molar-refractivity contribution in [2.45, 2.75) is 13.0 Å². The van der Waals surface area contributed by atoms with Crippen molar-refractivity contribution < 1.29 is 23.8 Å². The Kier molecular flexibility index (Phi) is 4.19. The smallest absolute Gasteiger partial charge is 0.319 e. The van der Waals surface area contributed by atoms with Gasteiger partial charge in [0.1, 0.15) is 11.7 Å². The van der Waals surface area contributed by atoms with Crippen LogP contribution in [0.2, 0.25) is 0 Å². The first kappa shape index (κ1) is 14.3. The van der Waals surface area contributed by atoms with Crippen LogP contribution in [-0.4, -0.2) is 36.4 Å². The van der Waals surface area contributed by atoms with Gasteiger partial charge in [-0.25, -0.2) is 9.18 Å².